The summed E-state index contributed by atoms with van der Waals surface area (Å²) in [5.74, 6) is 0.320. The average Bonchev–Trinajstić information content (AvgIpc) is 2.46. The molecule has 0 heterocycles. The molecule has 0 atom stereocenters. The van der Waals surface area contributed by atoms with E-state index in [-0.39, 0.29) is 0 Å². The van der Waals surface area contributed by atoms with E-state index < -0.39 is 0 Å². The molecule has 0 aromatic rings. The summed E-state index contributed by atoms with van der Waals surface area (Å²) in [5, 5.41) is 0. The second-order valence-electron chi connectivity index (χ2n) is 5.89. The van der Waals surface area contributed by atoms with E-state index in [4.69, 9.17) is 5.73 Å². The van der Waals surface area contributed by atoms with Gasteiger partial charge in [-0.15, -0.1) is 0 Å². The van der Waals surface area contributed by atoms with Gasteiger partial charge in [-0.25, -0.2) is 0 Å². The molecule has 0 bridgehead atoms. The Labute approximate surface area is 126 Å². The van der Waals surface area contributed by atoms with Crippen LogP contribution in [0.15, 0.2) is 0 Å². The van der Waals surface area contributed by atoms with Crippen molar-refractivity contribution < 1.29 is 4.79 Å². The molecule has 0 fully saturated rings. The zero-order valence-corrected chi connectivity index (χ0v) is 13.8. The Bertz CT molecular complexity index is 219. The lowest BCUT2D eigenvalue weighted by Crippen LogP contribution is -2.27. The van der Waals surface area contributed by atoms with E-state index >= 15 is 0 Å². The van der Waals surface area contributed by atoms with Gasteiger partial charge in [-0.3, -0.25) is 4.79 Å². The van der Waals surface area contributed by atoms with Gasteiger partial charge in [0.2, 0.25) is 5.91 Å². The fourth-order valence-electron chi connectivity index (χ4n) is 2.37. The maximum atomic E-state index is 11.8. The van der Waals surface area contributed by atoms with Crippen LogP contribution in [0.1, 0.15) is 84.0 Å². The van der Waals surface area contributed by atoms with E-state index in [1.165, 1.54) is 51.4 Å². The molecular formula is C17H36N2O. The lowest BCUT2D eigenvalue weighted by Gasteiger charge is -2.16. The van der Waals surface area contributed by atoms with Gasteiger partial charge in [0.1, 0.15) is 0 Å². The van der Waals surface area contributed by atoms with Gasteiger partial charge in [-0.05, 0) is 25.8 Å². The minimum absolute atomic E-state index is 0.320. The summed E-state index contributed by atoms with van der Waals surface area (Å²) in [7, 11) is 1.93. The van der Waals surface area contributed by atoms with E-state index in [2.05, 4.69) is 6.92 Å². The highest BCUT2D eigenvalue weighted by atomic mass is 16.2. The van der Waals surface area contributed by atoms with Crippen LogP contribution in [0.25, 0.3) is 0 Å². The van der Waals surface area contributed by atoms with Crippen molar-refractivity contribution >= 4 is 5.91 Å². The van der Waals surface area contributed by atoms with Gasteiger partial charge in [0.25, 0.3) is 0 Å². The predicted octanol–water partition coefficient (Wildman–Crippen LogP) is 4.10. The number of hydrogen-bond donors (Lipinski definition) is 1. The molecule has 0 aromatic heterocycles. The first-order valence-corrected chi connectivity index (χ1v) is 8.66. The molecular weight excluding hydrogens is 248 g/mol. The molecule has 0 rings (SSSR count). The van der Waals surface area contributed by atoms with Gasteiger partial charge in [0, 0.05) is 20.0 Å². The number of carbonyl (C=O) groups is 1. The third-order valence-electron chi connectivity index (χ3n) is 3.87. The Hall–Kier alpha value is -0.570. The highest BCUT2D eigenvalue weighted by Gasteiger charge is 2.06. The van der Waals surface area contributed by atoms with Crippen LogP contribution in [0.5, 0.6) is 0 Å². The van der Waals surface area contributed by atoms with Crippen molar-refractivity contribution in [2.45, 2.75) is 84.0 Å². The molecule has 2 N–H and O–H groups in total. The highest BCUT2D eigenvalue weighted by molar-refractivity contribution is 5.75. The van der Waals surface area contributed by atoms with Gasteiger partial charge in [0.15, 0.2) is 0 Å². The van der Waals surface area contributed by atoms with Crippen molar-refractivity contribution in [3.8, 4) is 0 Å². The van der Waals surface area contributed by atoms with Gasteiger partial charge in [-0.2, -0.15) is 0 Å². The minimum atomic E-state index is 0.320. The van der Waals surface area contributed by atoms with Crippen LogP contribution in [-0.2, 0) is 4.79 Å². The molecule has 0 unspecified atom stereocenters. The van der Waals surface area contributed by atoms with Gasteiger partial charge < -0.3 is 10.6 Å². The summed E-state index contributed by atoms with van der Waals surface area (Å²) < 4.78 is 0. The number of rotatable bonds is 14. The Balaban J connectivity index is 3.24. The summed E-state index contributed by atoms with van der Waals surface area (Å²) in [6, 6.07) is 0. The largest absolute Gasteiger partial charge is 0.346 e. The Morgan fingerprint density at radius 2 is 1.35 bits per heavy atom. The zero-order chi connectivity index (χ0) is 15.1. The Kier molecular flexibility index (Phi) is 14.4. The number of carbonyl (C=O) groups excluding carboxylic acids is 1. The van der Waals surface area contributed by atoms with Crippen LogP contribution < -0.4 is 5.73 Å². The lowest BCUT2D eigenvalue weighted by molar-refractivity contribution is -0.130. The van der Waals surface area contributed by atoms with Crippen LogP contribution in [0, 0.1) is 0 Å². The van der Waals surface area contributed by atoms with E-state index in [0.717, 1.165) is 38.8 Å². The molecule has 0 aliphatic heterocycles. The Morgan fingerprint density at radius 3 is 1.85 bits per heavy atom. The molecule has 0 spiro atoms. The molecule has 20 heavy (non-hydrogen) atoms. The number of hydrogen-bond acceptors (Lipinski definition) is 2. The monoisotopic (exact) mass is 284 g/mol. The summed E-state index contributed by atoms with van der Waals surface area (Å²) in [6.45, 7) is 3.91. The van der Waals surface area contributed by atoms with Crippen molar-refractivity contribution in [2.24, 2.45) is 5.73 Å². The second-order valence-corrected chi connectivity index (χ2v) is 5.89. The highest BCUT2D eigenvalue weighted by Crippen LogP contribution is 2.11. The van der Waals surface area contributed by atoms with Crippen LogP contribution in [-0.4, -0.2) is 30.9 Å². The molecule has 0 aromatic carbocycles. The fourth-order valence-corrected chi connectivity index (χ4v) is 2.37. The molecule has 3 heteroatoms. The molecule has 120 valence electrons. The number of nitrogens with zero attached hydrogens (tertiary/aromatic N) is 1. The summed E-state index contributed by atoms with van der Waals surface area (Å²) in [4.78, 5) is 13.7. The molecule has 0 aliphatic rings. The molecule has 0 saturated carbocycles. The van der Waals surface area contributed by atoms with Gasteiger partial charge >= 0.3 is 0 Å². The third-order valence-corrected chi connectivity index (χ3v) is 3.87. The molecule has 0 saturated heterocycles. The van der Waals surface area contributed by atoms with Crippen molar-refractivity contribution in [2.75, 3.05) is 20.1 Å². The quantitative estimate of drug-likeness (QED) is 0.488. The van der Waals surface area contributed by atoms with Crippen molar-refractivity contribution in [3.05, 3.63) is 0 Å². The molecule has 0 radical (unpaired) electrons. The molecule has 1 amide bonds. The van der Waals surface area contributed by atoms with Crippen LogP contribution in [0.3, 0.4) is 0 Å². The summed E-state index contributed by atoms with van der Waals surface area (Å²) >= 11 is 0. The maximum Gasteiger partial charge on any atom is 0.222 e. The summed E-state index contributed by atoms with van der Waals surface area (Å²) in [6.07, 6.45) is 14.4. The fraction of sp³-hybridized carbons (Fsp3) is 0.941. The van der Waals surface area contributed by atoms with E-state index in [1.807, 2.05) is 11.9 Å². The third kappa shape index (κ3) is 12.5. The normalized spacial score (nSPS) is 10.8. The number of nitrogens with two attached hydrogens (primary N) is 1. The number of amides is 1. The first-order valence-electron chi connectivity index (χ1n) is 8.66. The lowest BCUT2D eigenvalue weighted by atomic mass is 10.1. The SMILES string of the molecule is CCCCN(C)C(=O)CCCCCCCCCCCN. The Morgan fingerprint density at radius 1 is 0.850 bits per heavy atom. The van der Waals surface area contributed by atoms with Crippen molar-refractivity contribution in [1.82, 2.24) is 4.90 Å². The van der Waals surface area contributed by atoms with E-state index in [0.29, 0.717) is 5.91 Å². The maximum absolute atomic E-state index is 11.8. The van der Waals surface area contributed by atoms with Gasteiger partial charge in [0.05, 0.1) is 0 Å². The number of unbranched alkanes of at least 4 members (excludes halogenated alkanes) is 9. The van der Waals surface area contributed by atoms with E-state index in [9.17, 15) is 4.79 Å². The minimum Gasteiger partial charge on any atom is -0.346 e. The average molecular weight is 284 g/mol. The first kappa shape index (κ1) is 19.4. The van der Waals surface area contributed by atoms with Crippen LogP contribution >= 0.6 is 0 Å². The first-order chi connectivity index (χ1) is 9.72. The topological polar surface area (TPSA) is 46.3 Å². The second kappa shape index (κ2) is 14.8. The summed E-state index contributed by atoms with van der Waals surface area (Å²) in [5.41, 5.74) is 5.47. The zero-order valence-electron chi connectivity index (χ0n) is 13.8. The predicted molar refractivity (Wildman–Crippen MR) is 87.8 cm³/mol. The van der Waals surface area contributed by atoms with Crippen LogP contribution in [0.4, 0.5) is 0 Å². The molecule has 3 nitrogen and oxygen atoms in total. The van der Waals surface area contributed by atoms with E-state index in [1.54, 1.807) is 0 Å². The van der Waals surface area contributed by atoms with Crippen molar-refractivity contribution in [1.29, 1.82) is 0 Å². The van der Waals surface area contributed by atoms with Gasteiger partial charge in [-0.1, -0.05) is 58.3 Å². The molecule has 0 aliphatic carbocycles. The smallest absolute Gasteiger partial charge is 0.222 e. The van der Waals surface area contributed by atoms with Crippen LogP contribution in [0.2, 0.25) is 0 Å². The standard InChI is InChI=1S/C17H36N2O/c1-3-4-16-19(2)17(20)14-12-10-8-6-5-7-9-11-13-15-18/h3-16,18H2,1-2H3. The van der Waals surface area contributed by atoms with Crippen molar-refractivity contribution in [3.63, 3.8) is 0 Å².